The van der Waals surface area contributed by atoms with E-state index in [0.29, 0.717) is 33.0 Å². The SMILES string of the molecule is CCC(COC(C)=O)OC.CCCCOCCOCCOC(C)=O. The van der Waals surface area contributed by atoms with E-state index in [0.717, 1.165) is 25.9 Å². The Hall–Kier alpha value is -1.18. The average molecular weight is 350 g/mol. The first-order valence-corrected chi connectivity index (χ1v) is 8.42. The van der Waals surface area contributed by atoms with E-state index in [-0.39, 0.29) is 18.0 Å². The van der Waals surface area contributed by atoms with Crippen LogP contribution in [-0.4, -0.2) is 64.8 Å². The monoisotopic (exact) mass is 350 g/mol. The first-order valence-electron chi connectivity index (χ1n) is 8.42. The van der Waals surface area contributed by atoms with E-state index < -0.39 is 0 Å². The Balaban J connectivity index is 0. The molecule has 0 amide bonds. The maximum Gasteiger partial charge on any atom is 0.302 e. The first kappa shape index (κ1) is 25.1. The smallest absolute Gasteiger partial charge is 0.302 e. The van der Waals surface area contributed by atoms with Crippen molar-refractivity contribution >= 4 is 11.9 Å². The van der Waals surface area contributed by atoms with E-state index in [4.69, 9.17) is 18.9 Å². The van der Waals surface area contributed by atoms with Crippen molar-refractivity contribution in [2.45, 2.75) is 53.1 Å². The first-order chi connectivity index (χ1) is 11.5. The van der Waals surface area contributed by atoms with E-state index in [2.05, 4.69) is 11.7 Å². The van der Waals surface area contributed by atoms with Gasteiger partial charge >= 0.3 is 11.9 Å². The minimum atomic E-state index is -0.271. The Morgan fingerprint density at radius 1 is 0.833 bits per heavy atom. The highest BCUT2D eigenvalue weighted by Gasteiger charge is 2.04. The summed E-state index contributed by atoms with van der Waals surface area (Å²) in [5.74, 6) is -0.525. The Bertz CT molecular complexity index is 291. The molecule has 1 atom stereocenters. The van der Waals surface area contributed by atoms with Gasteiger partial charge in [-0.3, -0.25) is 9.59 Å². The lowest BCUT2D eigenvalue weighted by molar-refractivity contribution is -0.144. The van der Waals surface area contributed by atoms with Crippen molar-refractivity contribution < 1.29 is 33.3 Å². The maximum absolute atomic E-state index is 10.3. The summed E-state index contributed by atoms with van der Waals surface area (Å²) < 4.78 is 24.8. The molecule has 0 heterocycles. The van der Waals surface area contributed by atoms with Gasteiger partial charge in [0, 0.05) is 27.6 Å². The molecular formula is C17H34O7. The topological polar surface area (TPSA) is 80.3 Å². The molecule has 7 heteroatoms. The lowest BCUT2D eigenvalue weighted by Crippen LogP contribution is -2.18. The van der Waals surface area contributed by atoms with Crippen molar-refractivity contribution in [3.05, 3.63) is 0 Å². The molecule has 1 unspecified atom stereocenters. The van der Waals surface area contributed by atoms with Crippen molar-refractivity contribution in [3.63, 3.8) is 0 Å². The molecule has 0 fully saturated rings. The van der Waals surface area contributed by atoms with Crippen LogP contribution in [0.2, 0.25) is 0 Å². The maximum atomic E-state index is 10.3. The number of rotatable bonds is 13. The molecule has 0 aliphatic carbocycles. The number of carbonyl (C=O) groups excluding carboxylic acids is 2. The number of unbranched alkanes of at least 4 members (excludes halogenated alkanes) is 1. The largest absolute Gasteiger partial charge is 0.463 e. The van der Waals surface area contributed by atoms with Crippen LogP contribution < -0.4 is 0 Å². The van der Waals surface area contributed by atoms with Crippen LogP contribution in [0.5, 0.6) is 0 Å². The summed E-state index contributed by atoms with van der Waals surface area (Å²) in [6.45, 7) is 9.98. The van der Waals surface area contributed by atoms with Gasteiger partial charge in [-0.15, -0.1) is 0 Å². The lowest BCUT2D eigenvalue weighted by atomic mass is 10.3. The molecule has 0 radical (unpaired) electrons. The molecule has 0 aromatic heterocycles. The van der Waals surface area contributed by atoms with Crippen LogP contribution in [0.4, 0.5) is 0 Å². The molecule has 0 aliphatic rings. The molecule has 0 N–H and O–H groups in total. The summed E-state index contributed by atoms with van der Waals surface area (Å²) >= 11 is 0. The second kappa shape index (κ2) is 19.9. The lowest BCUT2D eigenvalue weighted by Gasteiger charge is -2.11. The van der Waals surface area contributed by atoms with Crippen LogP contribution in [-0.2, 0) is 33.3 Å². The zero-order chi connectivity index (χ0) is 18.6. The van der Waals surface area contributed by atoms with Gasteiger partial charge in [0.1, 0.15) is 13.2 Å². The van der Waals surface area contributed by atoms with Gasteiger partial charge in [0.2, 0.25) is 0 Å². The van der Waals surface area contributed by atoms with Crippen molar-refractivity contribution in [1.29, 1.82) is 0 Å². The molecule has 24 heavy (non-hydrogen) atoms. The summed E-state index contributed by atoms with van der Waals surface area (Å²) in [6.07, 6.45) is 3.15. The van der Waals surface area contributed by atoms with E-state index in [1.165, 1.54) is 13.8 Å². The van der Waals surface area contributed by atoms with Gasteiger partial charge in [-0.2, -0.15) is 0 Å². The molecule has 0 spiro atoms. The fourth-order valence-electron chi connectivity index (χ4n) is 1.38. The van der Waals surface area contributed by atoms with Crippen LogP contribution in [0.15, 0.2) is 0 Å². The summed E-state index contributed by atoms with van der Waals surface area (Å²) in [4.78, 5) is 20.7. The van der Waals surface area contributed by atoms with E-state index >= 15 is 0 Å². The fourth-order valence-corrected chi connectivity index (χ4v) is 1.38. The van der Waals surface area contributed by atoms with Gasteiger partial charge in [-0.1, -0.05) is 20.3 Å². The third-order valence-electron chi connectivity index (χ3n) is 2.81. The Morgan fingerprint density at radius 2 is 1.38 bits per heavy atom. The quantitative estimate of drug-likeness (QED) is 0.372. The fraction of sp³-hybridized carbons (Fsp3) is 0.882. The molecule has 0 aromatic rings. The van der Waals surface area contributed by atoms with E-state index in [1.807, 2.05) is 6.92 Å². The second-order valence-corrected chi connectivity index (χ2v) is 4.99. The number of ether oxygens (including phenoxy) is 5. The highest BCUT2D eigenvalue weighted by atomic mass is 16.6. The van der Waals surface area contributed by atoms with Crippen LogP contribution in [0.3, 0.4) is 0 Å². The van der Waals surface area contributed by atoms with Crippen molar-refractivity contribution in [2.75, 3.05) is 46.8 Å². The van der Waals surface area contributed by atoms with E-state index in [1.54, 1.807) is 7.11 Å². The Morgan fingerprint density at radius 3 is 1.83 bits per heavy atom. The van der Waals surface area contributed by atoms with Gasteiger partial charge in [0.15, 0.2) is 0 Å². The Labute approximate surface area is 145 Å². The average Bonchev–Trinajstić information content (AvgIpc) is 2.54. The van der Waals surface area contributed by atoms with Gasteiger partial charge < -0.3 is 23.7 Å². The molecule has 0 saturated heterocycles. The van der Waals surface area contributed by atoms with Crippen molar-refractivity contribution in [1.82, 2.24) is 0 Å². The third kappa shape index (κ3) is 23.1. The highest BCUT2D eigenvalue weighted by Crippen LogP contribution is 1.96. The van der Waals surface area contributed by atoms with Gasteiger partial charge in [-0.05, 0) is 12.8 Å². The van der Waals surface area contributed by atoms with Gasteiger partial charge in [-0.25, -0.2) is 0 Å². The van der Waals surface area contributed by atoms with Crippen LogP contribution in [0.25, 0.3) is 0 Å². The highest BCUT2D eigenvalue weighted by molar-refractivity contribution is 5.66. The molecule has 0 bridgehead atoms. The zero-order valence-corrected chi connectivity index (χ0v) is 15.8. The number of hydrogen-bond acceptors (Lipinski definition) is 7. The number of hydrogen-bond donors (Lipinski definition) is 0. The summed E-state index contributed by atoms with van der Waals surface area (Å²) in [6, 6.07) is 0. The molecule has 0 aromatic carbocycles. The summed E-state index contributed by atoms with van der Waals surface area (Å²) in [5, 5.41) is 0. The van der Waals surface area contributed by atoms with Gasteiger partial charge in [0.05, 0.1) is 25.9 Å². The molecule has 7 nitrogen and oxygen atoms in total. The normalized spacial score (nSPS) is 11.2. The second-order valence-electron chi connectivity index (χ2n) is 4.99. The number of methoxy groups -OCH3 is 1. The molecule has 144 valence electrons. The van der Waals surface area contributed by atoms with Gasteiger partial charge in [0.25, 0.3) is 0 Å². The van der Waals surface area contributed by atoms with Crippen LogP contribution in [0, 0.1) is 0 Å². The van der Waals surface area contributed by atoms with Crippen molar-refractivity contribution in [3.8, 4) is 0 Å². The molecule has 0 rings (SSSR count). The summed E-state index contributed by atoms with van der Waals surface area (Å²) in [5.41, 5.74) is 0. The van der Waals surface area contributed by atoms with E-state index in [9.17, 15) is 9.59 Å². The van der Waals surface area contributed by atoms with Crippen LogP contribution >= 0.6 is 0 Å². The predicted molar refractivity (Wildman–Crippen MR) is 90.9 cm³/mol. The minimum Gasteiger partial charge on any atom is -0.463 e. The van der Waals surface area contributed by atoms with Crippen LogP contribution in [0.1, 0.15) is 47.0 Å². The minimum absolute atomic E-state index is 0.0453. The zero-order valence-electron chi connectivity index (χ0n) is 15.8. The number of carbonyl (C=O) groups is 2. The Kier molecular flexibility index (Phi) is 20.7. The molecule has 0 saturated carbocycles. The number of esters is 2. The third-order valence-corrected chi connectivity index (χ3v) is 2.81. The van der Waals surface area contributed by atoms with Crippen molar-refractivity contribution in [2.24, 2.45) is 0 Å². The predicted octanol–water partition coefficient (Wildman–Crippen LogP) is 2.36. The molecular weight excluding hydrogens is 316 g/mol. The summed E-state index contributed by atoms with van der Waals surface area (Å²) in [7, 11) is 1.61. The standard InChI is InChI=1S/C10H20O4.C7H14O3/c1-3-4-5-12-6-7-13-8-9-14-10(2)11;1-4-7(9-3)5-10-6(2)8/h3-9H2,1-2H3;7H,4-5H2,1-3H3. The molecule has 0 aliphatic heterocycles.